The minimum atomic E-state index is 0.654. The fraction of sp³-hybridized carbons (Fsp3) is 0.455. The Labute approximate surface area is 99.1 Å². The first-order chi connectivity index (χ1) is 7.25. The molecule has 82 valence electrons. The fourth-order valence-electron chi connectivity index (χ4n) is 1.24. The van der Waals surface area contributed by atoms with Gasteiger partial charge in [0.05, 0.1) is 12.5 Å². The molecular formula is C11H14ClNOS. The molecule has 1 saturated carbocycles. The van der Waals surface area contributed by atoms with Gasteiger partial charge in [0.25, 0.3) is 0 Å². The zero-order valence-corrected chi connectivity index (χ0v) is 9.98. The van der Waals surface area contributed by atoms with E-state index in [-0.39, 0.29) is 0 Å². The molecule has 0 atom stereocenters. The maximum absolute atomic E-state index is 5.88. The summed E-state index contributed by atoms with van der Waals surface area (Å²) in [5.41, 5.74) is 6.57. The van der Waals surface area contributed by atoms with Crippen molar-refractivity contribution < 1.29 is 4.74 Å². The third-order valence-electron chi connectivity index (χ3n) is 2.32. The Bertz CT molecular complexity index is 341. The van der Waals surface area contributed by atoms with Gasteiger partial charge in [-0.15, -0.1) is 0 Å². The molecule has 0 spiro atoms. The number of nitrogens with two attached hydrogens (primary N) is 1. The van der Waals surface area contributed by atoms with Gasteiger partial charge in [0.15, 0.2) is 0 Å². The average molecular weight is 244 g/mol. The lowest BCUT2D eigenvalue weighted by molar-refractivity contribution is 0.171. The van der Waals surface area contributed by atoms with Crippen LogP contribution in [0.3, 0.4) is 0 Å². The van der Waals surface area contributed by atoms with Crippen molar-refractivity contribution in [1.82, 2.24) is 0 Å². The van der Waals surface area contributed by atoms with Crippen LogP contribution in [-0.4, -0.2) is 12.5 Å². The molecule has 15 heavy (non-hydrogen) atoms. The molecule has 0 unspecified atom stereocenters. The Morgan fingerprint density at radius 3 is 3.00 bits per heavy atom. The first kappa shape index (κ1) is 11.1. The zero-order chi connectivity index (χ0) is 10.7. The minimum Gasteiger partial charge on any atom is -0.398 e. The number of nitrogen functional groups attached to an aromatic ring is 1. The summed E-state index contributed by atoms with van der Waals surface area (Å²) in [6, 6.07) is 5.50. The molecule has 0 aromatic heterocycles. The maximum Gasteiger partial charge on any atom is 0.0967 e. The van der Waals surface area contributed by atoms with Crippen molar-refractivity contribution in [2.75, 3.05) is 18.3 Å². The van der Waals surface area contributed by atoms with Gasteiger partial charge in [-0.2, -0.15) is 0 Å². The molecule has 1 aromatic carbocycles. The Morgan fingerprint density at radius 1 is 1.47 bits per heavy atom. The summed E-state index contributed by atoms with van der Waals surface area (Å²) in [7, 11) is 0. The van der Waals surface area contributed by atoms with Crippen LogP contribution in [0, 0.1) is 5.92 Å². The van der Waals surface area contributed by atoms with Crippen LogP contribution in [0.15, 0.2) is 23.1 Å². The van der Waals surface area contributed by atoms with Crippen LogP contribution in [0.25, 0.3) is 0 Å². The maximum atomic E-state index is 5.88. The number of thioether (sulfide) groups is 1. The van der Waals surface area contributed by atoms with Gasteiger partial charge in [0, 0.05) is 15.6 Å². The quantitative estimate of drug-likeness (QED) is 0.373. The van der Waals surface area contributed by atoms with Gasteiger partial charge in [0.1, 0.15) is 0 Å². The van der Waals surface area contributed by atoms with E-state index < -0.39 is 0 Å². The van der Waals surface area contributed by atoms with Crippen LogP contribution in [0.5, 0.6) is 0 Å². The van der Waals surface area contributed by atoms with Crippen molar-refractivity contribution in [3.63, 3.8) is 0 Å². The second-order valence-corrected chi connectivity index (χ2v) is 5.16. The van der Waals surface area contributed by atoms with E-state index in [0.29, 0.717) is 11.0 Å². The van der Waals surface area contributed by atoms with E-state index in [9.17, 15) is 0 Å². The third kappa shape index (κ3) is 3.59. The lowest BCUT2D eigenvalue weighted by Crippen LogP contribution is -1.96. The van der Waals surface area contributed by atoms with E-state index in [4.69, 9.17) is 22.1 Å². The van der Waals surface area contributed by atoms with Crippen molar-refractivity contribution in [2.45, 2.75) is 17.7 Å². The van der Waals surface area contributed by atoms with Crippen LogP contribution in [0.4, 0.5) is 5.69 Å². The standard InChI is InChI=1S/C11H14ClNOS/c12-9-3-4-10(13)11(5-9)15-7-14-6-8-1-2-8/h3-5,8H,1-2,6-7,13H2. The van der Waals surface area contributed by atoms with E-state index in [1.807, 2.05) is 12.1 Å². The molecule has 2 N–H and O–H groups in total. The van der Waals surface area contributed by atoms with Gasteiger partial charge in [-0.1, -0.05) is 23.4 Å². The van der Waals surface area contributed by atoms with Crippen LogP contribution >= 0.6 is 23.4 Å². The summed E-state index contributed by atoms with van der Waals surface area (Å²) in [5, 5.41) is 0.717. The molecule has 0 bridgehead atoms. The van der Waals surface area contributed by atoms with E-state index in [1.54, 1.807) is 17.8 Å². The van der Waals surface area contributed by atoms with Crippen molar-refractivity contribution in [3.05, 3.63) is 23.2 Å². The molecular weight excluding hydrogens is 230 g/mol. The largest absolute Gasteiger partial charge is 0.398 e. The smallest absolute Gasteiger partial charge is 0.0967 e. The van der Waals surface area contributed by atoms with Crippen LogP contribution < -0.4 is 5.73 Å². The summed E-state index contributed by atoms with van der Waals surface area (Å²) in [6.07, 6.45) is 2.65. The predicted molar refractivity (Wildman–Crippen MR) is 65.3 cm³/mol. The topological polar surface area (TPSA) is 35.2 Å². The summed E-state index contributed by atoms with van der Waals surface area (Å²) in [4.78, 5) is 0.998. The van der Waals surface area contributed by atoms with Gasteiger partial charge in [-0.05, 0) is 37.0 Å². The molecule has 2 nitrogen and oxygen atoms in total. The Hall–Kier alpha value is -0.380. The number of hydrogen-bond donors (Lipinski definition) is 1. The highest BCUT2D eigenvalue weighted by Crippen LogP contribution is 2.31. The molecule has 1 aliphatic rings. The fourth-order valence-corrected chi connectivity index (χ4v) is 2.23. The van der Waals surface area contributed by atoms with Gasteiger partial charge >= 0.3 is 0 Å². The predicted octanol–water partition coefficient (Wildman–Crippen LogP) is 3.40. The number of benzene rings is 1. The van der Waals surface area contributed by atoms with Gasteiger partial charge in [0.2, 0.25) is 0 Å². The first-order valence-electron chi connectivity index (χ1n) is 5.01. The molecule has 0 amide bonds. The molecule has 0 radical (unpaired) electrons. The molecule has 0 heterocycles. The Morgan fingerprint density at radius 2 is 2.27 bits per heavy atom. The number of hydrogen-bond acceptors (Lipinski definition) is 3. The van der Waals surface area contributed by atoms with Crippen molar-refractivity contribution >= 4 is 29.1 Å². The molecule has 2 rings (SSSR count). The van der Waals surface area contributed by atoms with Crippen LogP contribution in [0.2, 0.25) is 5.02 Å². The Balaban J connectivity index is 1.78. The lowest BCUT2D eigenvalue weighted by Gasteiger charge is -2.06. The monoisotopic (exact) mass is 243 g/mol. The molecule has 0 aliphatic heterocycles. The van der Waals surface area contributed by atoms with Gasteiger partial charge in [-0.3, -0.25) is 0 Å². The van der Waals surface area contributed by atoms with Gasteiger partial charge in [-0.25, -0.2) is 0 Å². The van der Waals surface area contributed by atoms with Crippen molar-refractivity contribution in [2.24, 2.45) is 5.92 Å². The van der Waals surface area contributed by atoms with E-state index in [2.05, 4.69) is 0 Å². The van der Waals surface area contributed by atoms with Crippen LogP contribution in [-0.2, 0) is 4.74 Å². The first-order valence-corrected chi connectivity index (χ1v) is 6.37. The van der Waals surface area contributed by atoms with Crippen molar-refractivity contribution in [1.29, 1.82) is 0 Å². The average Bonchev–Trinajstić information content (AvgIpc) is 3.01. The summed E-state index contributed by atoms with van der Waals surface area (Å²) >= 11 is 7.48. The number of anilines is 1. The molecule has 0 saturated heterocycles. The second kappa shape index (κ2) is 5.10. The number of halogens is 1. The summed E-state index contributed by atoms with van der Waals surface area (Å²) in [5.74, 6) is 1.46. The number of ether oxygens (including phenoxy) is 1. The summed E-state index contributed by atoms with van der Waals surface area (Å²) in [6.45, 7) is 0.882. The zero-order valence-electron chi connectivity index (χ0n) is 8.41. The lowest BCUT2D eigenvalue weighted by atomic mass is 10.3. The van der Waals surface area contributed by atoms with Crippen molar-refractivity contribution in [3.8, 4) is 0 Å². The van der Waals surface area contributed by atoms with E-state index in [0.717, 1.165) is 23.1 Å². The highest BCUT2D eigenvalue weighted by molar-refractivity contribution is 7.99. The van der Waals surface area contributed by atoms with E-state index >= 15 is 0 Å². The molecule has 1 aromatic rings. The molecule has 1 fully saturated rings. The van der Waals surface area contributed by atoms with Crippen LogP contribution in [0.1, 0.15) is 12.8 Å². The highest BCUT2D eigenvalue weighted by Gasteiger charge is 2.20. The minimum absolute atomic E-state index is 0.654. The third-order valence-corrected chi connectivity index (χ3v) is 3.51. The second-order valence-electron chi connectivity index (χ2n) is 3.76. The Kier molecular flexibility index (Phi) is 3.78. The highest BCUT2D eigenvalue weighted by atomic mass is 35.5. The van der Waals surface area contributed by atoms with E-state index in [1.165, 1.54) is 12.8 Å². The normalized spacial score (nSPS) is 15.5. The molecule has 1 aliphatic carbocycles. The van der Waals surface area contributed by atoms with Gasteiger partial charge < -0.3 is 10.5 Å². The molecule has 4 heteroatoms. The number of rotatable bonds is 5. The SMILES string of the molecule is Nc1ccc(Cl)cc1SCOCC1CC1. The summed E-state index contributed by atoms with van der Waals surface area (Å²) < 4.78 is 5.52.